The highest BCUT2D eigenvalue weighted by Crippen LogP contribution is 2.26. The van der Waals surface area contributed by atoms with Gasteiger partial charge in [0.2, 0.25) is 0 Å². The lowest BCUT2D eigenvalue weighted by Gasteiger charge is -2.22. The van der Waals surface area contributed by atoms with Crippen LogP contribution in [0, 0.1) is 6.92 Å². The van der Waals surface area contributed by atoms with Crippen molar-refractivity contribution < 1.29 is 4.79 Å². The van der Waals surface area contributed by atoms with Gasteiger partial charge in [-0.25, -0.2) is 0 Å². The molecule has 1 N–H and O–H groups in total. The lowest BCUT2D eigenvalue weighted by molar-refractivity contribution is 0.0943. The highest BCUT2D eigenvalue weighted by molar-refractivity contribution is 5.95. The smallest absolute Gasteiger partial charge is 0.252 e. The van der Waals surface area contributed by atoms with Crippen molar-refractivity contribution in [1.29, 1.82) is 0 Å². The van der Waals surface area contributed by atoms with Gasteiger partial charge in [-0.05, 0) is 72.6 Å². The number of aryl methyl sites for hydroxylation is 3. The molecule has 0 aliphatic heterocycles. The molecule has 0 radical (unpaired) electrons. The minimum absolute atomic E-state index is 0.0134. The molecule has 0 saturated heterocycles. The van der Waals surface area contributed by atoms with Crippen molar-refractivity contribution >= 4 is 5.91 Å². The Balaban J connectivity index is 1.66. The highest BCUT2D eigenvalue weighted by Gasteiger charge is 2.20. The van der Waals surface area contributed by atoms with Crippen LogP contribution in [0.5, 0.6) is 0 Å². The monoisotopic (exact) mass is 355 g/mol. The second-order valence-electron chi connectivity index (χ2n) is 7.36. The minimum atomic E-state index is -0.157. The van der Waals surface area contributed by atoms with Gasteiger partial charge in [0.25, 0.3) is 5.91 Å². The van der Waals surface area contributed by atoms with E-state index in [0.717, 1.165) is 29.5 Å². The van der Waals surface area contributed by atoms with E-state index in [2.05, 4.69) is 48.6 Å². The molecule has 3 aromatic carbocycles. The van der Waals surface area contributed by atoms with E-state index in [0.29, 0.717) is 0 Å². The Kier molecular flexibility index (Phi) is 5.06. The molecule has 4 rings (SSSR count). The summed E-state index contributed by atoms with van der Waals surface area (Å²) in [5.74, 6) is -0.0134. The summed E-state index contributed by atoms with van der Waals surface area (Å²) in [5.41, 5.74) is 6.90. The summed E-state index contributed by atoms with van der Waals surface area (Å²) in [6.07, 6.45) is 4.68. The average molecular weight is 355 g/mol. The Bertz CT molecular complexity index is 946. The molecular weight excluding hydrogens is 330 g/mol. The van der Waals surface area contributed by atoms with Crippen LogP contribution in [-0.2, 0) is 12.8 Å². The Morgan fingerprint density at radius 2 is 1.56 bits per heavy atom. The van der Waals surface area contributed by atoms with E-state index < -0.39 is 0 Å². The van der Waals surface area contributed by atoms with Gasteiger partial charge in [-0.15, -0.1) is 0 Å². The van der Waals surface area contributed by atoms with Gasteiger partial charge >= 0.3 is 0 Å². The third kappa shape index (κ3) is 3.80. The Labute approximate surface area is 161 Å². The van der Waals surface area contributed by atoms with Crippen LogP contribution in [0.1, 0.15) is 57.1 Å². The maximum absolute atomic E-state index is 13.1. The zero-order chi connectivity index (χ0) is 18.6. The van der Waals surface area contributed by atoms with Crippen LogP contribution in [0.15, 0.2) is 72.8 Å². The van der Waals surface area contributed by atoms with E-state index in [1.807, 2.05) is 36.4 Å². The lowest BCUT2D eigenvalue weighted by atomic mass is 9.90. The van der Waals surface area contributed by atoms with Crippen molar-refractivity contribution in [2.75, 3.05) is 0 Å². The van der Waals surface area contributed by atoms with Crippen molar-refractivity contribution in [3.63, 3.8) is 0 Å². The molecule has 1 atom stereocenters. The maximum atomic E-state index is 13.1. The molecule has 2 heteroatoms. The van der Waals surface area contributed by atoms with Crippen molar-refractivity contribution in [2.45, 2.75) is 38.6 Å². The first-order valence-electron chi connectivity index (χ1n) is 9.75. The van der Waals surface area contributed by atoms with Crippen LogP contribution < -0.4 is 5.32 Å². The maximum Gasteiger partial charge on any atom is 0.252 e. The second-order valence-corrected chi connectivity index (χ2v) is 7.36. The number of carbonyl (C=O) groups is 1. The van der Waals surface area contributed by atoms with Crippen molar-refractivity contribution in [2.24, 2.45) is 0 Å². The summed E-state index contributed by atoms with van der Waals surface area (Å²) in [6, 6.07) is 24.5. The number of fused-ring (bicyclic) bond motifs is 1. The number of hydrogen-bond donors (Lipinski definition) is 1. The van der Waals surface area contributed by atoms with Crippen LogP contribution in [0.25, 0.3) is 0 Å². The minimum Gasteiger partial charge on any atom is -0.341 e. The average Bonchev–Trinajstić information content (AvgIpc) is 2.73. The van der Waals surface area contributed by atoms with Gasteiger partial charge in [0.1, 0.15) is 0 Å². The number of carbonyl (C=O) groups excluding carboxylic acids is 1. The van der Waals surface area contributed by atoms with Gasteiger partial charge in [-0.1, -0.05) is 60.7 Å². The highest BCUT2D eigenvalue weighted by atomic mass is 16.1. The summed E-state index contributed by atoms with van der Waals surface area (Å²) in [4.78, 5) is 13.1. The number of nitrogens with one attached hydrogen (secondary N) is 1. The van der Waals surface area contributed by atoms with Gasteiger partial charge in [0.15, 0.2) is 0 Å². The fourth-order valence-corrected chi connectivity index (χ4v) is 3.99. The molecule has 136 valence electrons. The first kappa shape index (κ1) is 17.5. The second kappa shape index (κ2) is 7.79. The summed E-state index contributed by atoms with van der Waals surface area (Å²) in [5, 5.41) is 3.27. The van der Waals surface area contributed by atoms with Crippen molar-refractivity contribution in [3.8, 4) is 0 Å². The van der Waals surface area contributed by atoms with Gasteiger partial charge in [-0.3, -0.25) is 4.79 Å². The third-order valence-corrected chi connectivity index (χ3v) is 5.52. The van der Waals surface area contributed by atoms with Gasteiger partial charge in [0, 0.05) is 5.56 Å². The van der Waals surface area contributed by atoms with E-state index in [1.165, 1.54) is 29.5 Å². The quantitative estimate of drug-likeness (QED) is 0.667. The molecule has 2 nitrogen and oxygen atoms in total. The number of benzene rings is 3. The molecular formula is C25H25NO. The molecule has 0 bridgehead atoms. The fraction of sp³-hybridized carbons (Fsp3) is 0.240. The van der Waals surface area contributed by atoms with E-state index in [-0.39, 0.29) is 11.9 Å². The Hall–Kier alpha value is -2.87. The molecule has 0 spiro atoms. The zero-order valence-corrected chi connectivity index (χ0v) is 15.7. The largest absolute Gasteiger partial charge is 0.341 e. The summed E-state index contributed by atoms with van der Waals surface area (Å²) >= 11 is 0. The van der Waals surface area contributed by atoms with E-state index in [9.17, 15) is 4.79 Å². The molecule has 0 unspecified atom stereocenters. The van der Waals surface area contributed by atoms with Gasteiger partial charge < -0.3 is 5.32 Å². The molecule has 1 aliphatic carbocycles. The van der Waals surface area contributed by atoms with Crippen LogP contribution in [0.4, 0.5) is 0 Å². The van der Waals surface area contributed by atoms with Crippen molar-refractivity contribution in [3.05, 3.63) is 106 Å². The molecule has 1 amide bonds. The van der Waals surface area contributed by atoms with E-state index >= 15 is 0 Å². The molecule has 0 saturated carbocycles. The number of amides is 1. The molecule has 3 aromatic rings. The Morgan fingerprint density at radius 3 is 2.33 bits per heavy atom. The first-order chi connectivity index (χ1) is 13.2. The standard InChI is InChI=1S/C25H25NO/c1-18-9-5-8-14-23(18)24(20-11-3-2-4-12-20)26-25(27)22-16-15-19-10-6-7-13-21(19)17-22/h2-5,8-9,11-12,14-17,24H,6-7,10,13H2,1H3,(H,26,27)/t24-/m0/s1. The van der Waals surface area contributed by atoms with Crippen LogP contribution in [0.3, 0.4) is 0 Å². The predicted octanol–water partition coefficient (Wildman–Crippen LogP) is 5.39. The third-order valence-electron chi connectivity index (χ3n) is 5.52. The van der Waals surface area contributed by atoms with Gasteiger partial charge in [-0.2, -0.15) is 0 Å². The van der Waals surface area contributed by atoms with Crippen LogP contribution in [0.2, 0.25) is 0 Å². The van der Waals surface area contributed by atoms with E-state index in [4.69, 9.17) is 0 Å². The summed E-state index contributed by atoms with van der Waals surface area (Å²) in [7, 11) is 0. The molecule has 0 fully saturated rings. The van der Waals surface area contributed by atoms with Crippen LogP contribution >= 0.6 is 0 Å². The number of rotatable bonds is 4. The van der Waals surface area contributed by atoms with Crippen LogP contribution in [-0.4, -0.2) is 5.91 Å². The van der Waals surface area contributed by atoms with E-state index in [1.54, 1.807) is 0 Å². The predicted molar refractivity (Wildman–Crippen MR) is 110 cm³/mol. The summed E-state index contributed by atoms with van der Waals surface area (Å²) < 4.78 is 0. The molecule has 1 aliphatic rings. The molecule has 0 aromatic heterocycles. The lowest BCUT2D eigenvalue weighted by Crippen LogP contribution is -2.30. The fourth-order valence-electron chi connectivity index (χ4n) is 3.99. The molecule has 0 heterocycles. The normalized spacial score (nSPS) is 14.3. The van der Waals surface area contributed by atoms with Gasteiger partial charge in [0.05, 0.1) is 6.04 Å². The topological polar surface area (TPSA) is 29.1 Å². The molecule has 27 heavy (non-hydrogen) atoms. The summed E-state index contributed by atoms with van der Waals surface area (Å²) in [6.45, 7) is 2.09. The zero-order valence-electron chi connectivity index (χ0n) is 15.7. The Morgan fingerprint density at radius 1 is 0.852 bits per heavy atom. The first-order valence-corrected chi connectivity index (χ1v) is 9.75. The van der Waals surface area contributed by atoms with Crippen molar-refractivity contribution in [1.82, 2.24) is 5.32 Å². The SMILES string of the molecule is Cc1ccccc1[C@@H](NC(=O)c1ccc2c(c1)CCCC2)c1ccccc1. The number of hydrogen-bond acceptors (Lipinski definition) is 1.